The van der Waals surface area contributed by atoms with Gasteiger partial charge in [0.2, 0.25) is 0 Å². The minimum Gasteiger partial charge on any atom is -0.378 e. The van der Waals surface area contributed by atoms with Crippen LogP contribution in [0.3, 0.4) is 0 Å². The summed E-state index contributed by atoms with van der Waals surface area (Å²) in [5, 5.41) is 3.96. The average Bonchev–Trinajstić information content (AvgIpc) is 3.48. The van der Waals surface area contributed by atoms with Gasteiger partial charge in [0.25, 0.3) is 5.00 Å². The van der Waals surface area contributed by atoms with Gasteiger partial charge in [-0.3, -0.25) is 4.90 Å². The number of thiophene rings is 1. The van der Waals surface area contributed by atoms with Crippen LogP contribution in [0.25, 0.3) is 6.08 Å². The lowest BCUT2D eigenvalue weighted by molar-refractivity contribution is 0.0378. The summed E-state index contributed by atoms with van der Waals surface area (Å²) < 4.78 is 5.46. The standard InChI is InChI=1S/C23H27ClN5O2S/c1-32-20-8-4-5-16(20)17-13-27(19-7-3-2-6-18(19)24)14-21-28(22(17)32)15-25-29(21)23(30)26-9-11-31-12-10-26/h2-4,6-8,21,25H,5,9-15H2,1H3/q+1. The van der Waals surface area contributed by atoms with E-state index in [9.17, 15) is 4.79 Å². The number of anilines is 2. The second-order valence-corrected chi connectivity index (χ2v) is 10.8. The highest BCUT2D eigenvalue weighted by molar-refractivity contribution is 7.34. The summed E-state index contributed by atoms with van der Waals surface area (Å²) in [6.07, 6.45) is 7.78. The van der Waals surface area contributed by atoms with E-state index >= 15 is 0 Å². The Balaban J connectivity index is 1.42. The van der Waals surface area contributed by atoms with Crippen LogP contribution in [0.1, 0.15) is 16.0 Å². The Labute approximate surface area is 195 Å². The number of para-hydroxylation sites is 1. The van der Waals surface area contributed by atoms with Crippen molar-refractivity contribution in [1.29, 1.82) is 0 Å². The number of urea groups is 1. The molecule has 0 bridgehead atoms. The highest BCUT2D eigenvalue weighted by atomic mass is 35.5. The van der Waals surface area contributed by atoms with Crippen molar-refractivity contribution in [2.45, 2.75) is 19.1 Å². The fourth-order valence-electron chi connectivity index (χ4n) is 5.31. The van der Waals surface area contributed by atoms with Gasteiger partial charge in [0.05, 0.1) is 49.2 Å². The summed E-state index contributed by atoms with van der Waals surface area (Å²) in [7, 11) is 0.00108. The number of ether oxygens (including phenoxy) is 1. The summed E-state index contributed by atoms with van der Waals surface area (Å²) in [6.45, 7) is 4.58. The molecule has 1 aromatic carbocycles. The molecule has 0 spiro atoms. The molecule has 3 aliphatic heterocycles. The molecule has 0 radical (unpaired) electrons. The Kier molecular flexibility index (Phi) is 5.06. The lowest BCUT2D eigenvalue weighted by Crippen LogP contribution is -2.56. The van der Waals surface area contributed by atoms with Gasteiger partial charge in [-0.1, -0.05) is 29.8 Å². The zero-order chi connectivity index (χ0) is 21.8. The number of nitrogens with one attached hydrogen (secondary N) is 1. The van der Waals surface area contributed by atoms with Gasteiger partial charge in [-0.25, -0.2) is 15.2 Å². The number of rotatable bonds is 1. The van der Waals surface area contributed by atoms with Crippen LogP contribution in [0.5, 0.6) is 0 Å². The van der Waals surface area contributed by atoms with Crippen LogP contribution in [-0.4, -0.2) is 61.6 Å². The lowest BCUT2D eigenvalue weighted by Gasteiger charge is -2.35. The predicted molar refractivity (Wildman–Crippen MR) is 129 cm³/mol. The van der Waals surface area contributed by atoms with Gasteiger partial charge in [0, 0.05) is 29.1 Å². The predicted octanol–water partition coefficient (Wildman–Crippen LogP) is 3.58. The lowest BCUT2D eigenvalue weighted by atomic mass is 10.1. The normalized spacial score (nSPS) is 22.7. The number of hydrazine groups is 1. The van der Waals surface area contributed by atoms with Crippen molar-refractivity contribution in [1.82, 2.24) is 15.3 Å². The molecule has 1 aliphatic carbocycles. The van der Waals surface area contributed by atoms with E-state index in [0.717, 1.165) is 23.7 Å². The molecule has 4 heterocycles. The first-order chi connectivity index (χ1) is 15.6. The van der Waals surface area contributed by atoms with Gasteiger partial charge in [0.15, 0.2) is 4.88 Å². The van der Waals surface area contributed by atoms with Crippen molar-refractivity contribution in [2.24, 2.45) is 6.26 Å². The molecule has 2 aromatic rings. The van der Waals surface area contributed by atoms with Gasteiger partial charge in [-0.05, 0) is 24.6 Å². The van der Waals surface area contributed by atoms with Gasteiger partial charge in [-0.2, -0.15) is 0 Å². The minimum absolute atomic E-state index is 0.00108. The number of benzene rings is 1. The summed E-state index contributed by atoms with van der Waals surface area (Å²) in [4.78, 5) is 21.6. The molecule has 2 amide bonds. The van der Waals surface area contributed by atoms with Crippen molar-refractivity contribution >= 4 is 44.9 Å². The first kappa shape index (κ1) is 20.4. The molecule has 168 valence electrons. The number of carbonyl (C=O) groups excluding carboxylic acids is 1. The Hall–Kier alpha value is -2.26. The van der Waals surface area contributed by atoms with E-state index in [1.54, 1.807) is 0 Å². The number of morpholine rings is 1. The number of halogens is 1. The number of hydrogen-bond acceptors (Lipinski definition) is 5. The van der Waals surface area contributed by atoms with Crippen LogP contribution in [0.4, 0.5) is 15.5 Å². The summed E-state index contributed by atoms with van der Waals surface area (Å²) in [5.74, 6) is 0. The van der Waals surface area contributed by atoms with E-state index < -0.39 is 0 Å². The largest absolute Gasteiger partial charge is 0.378 e. The Morgan fingerprint density at radius 1 is 1.22 bits per heavy atom. The van der Waals surface area contributed by atoms with Gasteiger partial charge >= 0.3 is 6.03 Å². The fourth-order valence-corrected chi connectivity index (χ4v) is 7.75. The summed E-state index contributed by atoms with van der Waals surface area (Å²) in [5.41, 5.74) is 7.29. The van der Waals surface area contributed by atoms with Gasteiger partial charge in [-0.15, -0.1) is 0 Å². The van der Waals surface area contributed by atoms with E-state index in [0.29, 0.717) is 39.5 Å². The molecule has 2 fully saturated rings. The van der Waals surface area contributed by atoms with Gasteiger partial charge in [0.1, 0.15) is 12.4 Å². The number of fused-ring (bicyclic) bond motifs is 5. The number of hydrogen-bond donors (Lipinski definition) is 1. The number of carbonyl (C=O) groups is 1. The van der Waals surface area contributed by atoms with E-state index in [4.69, 9.17) is 16.3 Å². The summed E-state index contributed by atoms with van der Waals surface area (Å²) in [6, 6.07) is 8.05. The Morgan fingerprint density at radius 3 is 2.84 bits per heavy atom. The van der Waals surface area contributed by atoms with Crippen molar-refractivity contribution in [3.63, 3.8) is 0 Å². The van der Waals surface area contributed by atoms with E-state index in [-0.39, 0.29) is 22.7 Å². The molecular weight excluding hydrogens is 446 g/mol. The average molecular weight is 473 g/mol. The molecule has 32 heavy (non-hydrogen) atoms. The van der Waals surface area contributed by atoms with E-state index in [1.165, 1.54) is 21.0 Å². The minimum atomic E-state index is -0.104. The molecule has 6 rings (SSSR count). The molecule has 2 saturated heterocycles. The van der Waals surface area contributed by atoms with E-state index in [1.807, 2.05) is 28.1 Å². The van der Waals surface area contributed by atoms with Crippen LogP contribution in [-0.2, 0) is 24.0 Å². The second-order valence-electron chi connectivity index (χ2n) is 8.59. The zero-order valence-electron chi connectivity index (χ0n) is 18.1. The highest BCUT2D eigenvalue weighted by Crippen LogP contribution is 2.50. The molecule has 9 heteroatoms. The monoisotopic (exact) mass is 472 g/mol. The van der Waals surface area contributed by atoms with Crippen LogP contribution in [0.15, 0.2) is 30.3 Å². The van der Waals surface area contributed by atoms with Crippen molar-refractivity contribution in [3.8, 4) is 0 Å². The number of allylic oxidation sites excluding steroid dienone is 1. The third kappa shape index (κ3) is 3.12. The third-order valence-corrected chi connectivity index (χ3v) is 9.30. The smallest absolute Gasteiger partial charge is 0.336 e. The molecule has 4 aliphatic rings. The topological polar surface area (TPSA) is 51.3 Å². The molecule has 2 unspecified atom stereocenters. The van der Waals surface area contributed by atoms with Crippen molar-refractivity contribution < 1.29 is 9.53 Å². The zero-order valence-corrected chi connectivity index (χ0v) is 19.7. The maximum absolute atomic E-state index is 13.5. The molecule has 1 aromatic heterocycles. The van der Waals surface area contributed by atoms with Crippen LogP contribution in [0, 0.1) is 0 Å². The molecular formula is C23H27ClN5O2S+. The second kappa shape index (κ2) is 7.95. The third-order valence-electron chi connectivity index (χ3n) is 6.87. The molecule has 7 nitrogen and oxygen atoms in total. The van der Waals surface area contributed by atoms with Gasteiger partial charge < -0.3 is 14.5 Å². The van der Waals surface area contributed by atoms with Crippen molar-refractivity contribution in [2.75, 3.05) is 49.3 Å². The highest BCUT2D eigenvalue weighted by Gasteiger charge is 2.47. The Morgan fingerprint density at radius 2 is 2.03 bits per heavy atom. The number of amides is 2. The fraction of sp³-hybridized carbons (Fsp3) is 0.435. The van der Waals surface area contributed by atoms with Crippen LogP contribution >= 0.6 is 22.1 Å². The van der Waals surface area contributed by atoms with E-state index in [2.05, 4.69) is 39.7 Å². The summed E-state index contributed by atoms with van der Waals surface area (Å²) >= 11 is 6.65. The molecule has 2 atom stereocenters. The quantitative estimate of drug-likeness (QED) is 0.643. The van der Waals surface area contributed by atoms with Crippen LogP contribution < -0.4 is 15.2 Å². The maximum Gasteiger partial charge on any atom is 0.336 e. The number of nitrogens with zero attached hydrogens (tertiary/aromatic N) is 4. The SMILES string of the molecule is C[s+]1c2c(c3c1N1CNN(C(=O)N4CCOCC4)C1CN(c1ccccc1Cl)C3)CC=C2. The first-order valence-electron chi connectivity index (χ1n) is 11.1. The first-order valence-corrected chi connectivity index (χ1v) is 13.1. The Bertz CT molecular complexity index is 1100. The van der Waals surface area contributed by atoms with Crippen molar-refractivity contribution in [3.05, 3.63) is 51.4 Å². The van der Waals surface area contributed by atoms with Crippen LogP contribution in [0.2, 0.25) is 5.02 Å². The molecule has 1 N–H and O–H groups in total. The molecule has 0 saturated carbocycles. The maximum atomic E-state index is 13.5.